The van der Waals surface area contributed by atoms with E-state index in [0.29, 0.717) is 18.1 Å². The van der Waals surface area contributed by atoms with Gasteiger partial charge in [-0.25, -0.2) is 0 Å². The number of ether oxygens (including phenoxy) is 1. The molecule has 0 spiro atoms. The van der Waals surface area contributed by atoms with Crippen LogP contribution < -0.4 is 9.30 Å². The number of aryl methyl sites for hydroxylation is 1. The zero-order valence-corrected chi connectivity index (χ0v) is 12.4. The van der Waals surface area contributed by atoms with Crippen LogP contribution in [0.3, 0.4) is 0 Å². The Labute approximate surface area is 114 Å². The molecule has 0 N–H and O–H groups in total. The number of carbonyl (C=O) groups is 1. The molecule has 0 saturated heterocycles. The fourth-order valence-corrected chi connectivity index (χ4v) is 2.63. The SMILES string of the molecule is CC1=C(Oc2cccc(C)[n+]2C)C(=O)CC(C)(C)C1. The maximum atomic E-state index is 12.2. The van der Waals surface area contributed by atoms with E-state index in [1.807, 2.05) is 43.7 Å². The number of ketones is 1. The molecular formula is C16H22NO2+. The van der Waals surface area contributed by atoms with Crippen LogP contribution in [0.5, 0.6) is 5.88 Å². The van der Waals surface area contributed by atoms with Gasteiger partial charge in [0.15, 0.2) is 17.2 Å². The van der Waals surface area contributed by atoms with E-state index in [-0.39, 0.29) is 11.2 Å². The summed E-state index contributed by atoms with van der Waals surface area (Å²) >= 11 is 0. The molecule has 0 fully saturated rings. The first-order valence-corrected chi connectivity index (χ1v) is 6.67. The zero-order valence-electron chi connectivity index (χ0n) is 12.4. The maximum absolute atomic E-state index is 12.2. The minimum Gasteiger partial charge on any atom is -0.401 e. The summed E-state index contributed by atoms with van der Waals surface area (Å²) in [5, 5.41) is 0. The topological polar surface area (TPSA) is 30.2 Å². The van der Waals surface area contributed by atoms with Gasteiger partial charge in [0.1, 0.15) is 7.05 Å². The summed E-state index contributed by atoms with van der Waals surface area (Å²) in [7, 11) is 1.94. The Hall–Kier alpha value is -1.64. The molecule has 0 atom stereocenters. The van der Waals surface area contributed by atoms with Crippen molar-refractivity contribution in [1.82, 2.24) is 0 Å². The largest absolute Gasteiger partial charge is 0.401 e. The van der Waals surface area contributed by atoms with Gasteiger partial charge < -0.3 is 4.74 Å². The fraction of sp³-hybridized carbons (Fsp3) is 0.500. The Morgan fingerprint density at radius 1 is 1.21 bits per heavy atom. The lowest BCUT2D eigenvalue weighted by atomic mass is 9.76. The van der Waals surface area contributed by atoms with Crippen LogP contribution in [0.2, 0.25) is 0 Å². The molecule has 0 aromatic carbocycles. The van der Waals surface area contributed by atoms with Gasteiger partial charge in [0.05, 0.1) is 6.07 Å². The second-order valence-electron chi connectivity index (χ2n) is 6.22. The van der Waals surface area contributed by atoms with E-state index in [4.69, 9.17) is 4.74 Å². The Morgan fingerprint density at radius 2 is 1.89 bits per heavy atom. The third-order valence-corrected chi connectivity index (χ3v) is 3.67. The standard InChI is InChI=1S/C16H22NO2/c1-11-9-16(3,4)10-13(18)15(11)19-14-8-6-7-12(2)17(14)5/h6-8H,9-10H2,1-5H3/q+1. The first-order chi connectivity index (χ1) is 8.80. The molecule has 102 valence electrons. The van der Waals surface area contributed by atoms with Crippen molar-refractivity contribution in [2.45, 2.75) is 40.5 Å². The second-order valence-corrected chi connectivity index (χ2v) is 6.22. The molecule has 3 nitrogen and oxygen atoms in total. The van der Waals surface area contributed by atoms with Crippen LogP contribution in [0.1, 0.15) is 39.3 Å². The van der Waals surface area contributed by atoms with Gasteiger partial charge in [0.25, 0.3) is 0 Å². The van der Waals surface area contributed by atoms with Gasteiger partial charge in [0, 0.05) is 19.4 Å². The van der Waals surface area contributed by atoms with Crippen LogP contribution in [0.15, 0.2) is 29.5 Å². The quantitative estimate of drug-likeness (QED) is 0.765. The number of carbonyl (C=O) groups excluding carboxylic acids is 1. The Kier molecular flexibility index (Phi) is 3.48. The third kappa shape index (κ3) is 2.86. The molecule has 3 heteroatoms. The van der Waals surface area contributed by atoms with Crippen LogP contribution >= 0.6 is 0 Å². The fourth-order valence-electron chi connectivity index (χ4n) is 2.63. The molecule has 0 unspecified atom stereocenters. The number of hydrogen-bond donors (Lipinski definition) is 0. The van der Waals surface area contributed by atoms with Crippen molar-refractivity contribution < 1.29 is 14.1 Å². The Bertz CT molecular complexity index is 556. The van der Waals surface area contributed by atoms with Crippen molar-refractivity contribution >= 4 is 5.78 Å². The molecule has 0 saturated carbocycles. The number of aromatic nitrogens is 1. The summed E-state index contributed by atoms with van der Waals surface area (Å²) in [5.74, 6) is 1.35. The molecule has 1 aromatic rings. The average Bonchev–Trinajstić information content (AvgIpc) is 2.27. The number of rotatable bonds is 2. The van der Waals surface area contributed by atoms with Crippen molar-refractivity contribution in [1.29, 1.82) is 0 Å². The zero-order chi connectivity index (χ0) is 14.2. The first kappa shape index (κ1) is 13.8. The minimum absolute atomic E-state index is 0.0445. The highest BCUT2D eigenvalue weighted by molar-refractivity contribution is 5.95. The van der Waals surface area contributed by atoms with Crippen LogP contribution in [-0.2, 0) is 11.8 Å². The predicted octanol–water partition coefficient (Wildman–Crippen LogP) is 2.86. The van der Waals surface area contributed by atoms with Gasteiger partial charge in [-0.05, 0) is 30.4 Å². The number of hydrogen-bond acceptors (Lipinski definition) is 2. The molecule has 0 radical (unpaired) electrons. The predicted molar refractivity (Wildman–Crippen MR) is 73.7 cm³/mol. The van der Waals surface area contributed by atoms with Gasteiger partial charge in [-0.2, -0.15) is 4.57 Å². The summed E-state index contributed by atoms with van der Waals surface area (Å²) < 4.78 is 7.83. The maximum Gasteiger partial charge on any atom is 0.373 e. The molecule has 1 aromatic heterocycles. The van der Waals surface area contributed by atoms with Gasteiger partial charge in [-0.15, -0.1) is 0 Å². The lowest BCUT2D eigenvalue weighted by Crippen LogP contribution is -2.36. The molecule has 1 aliphatic carbocycles. The normalized spacial score (nSPS) is 18.7. The highest BCUT2D eigenvalue weighted by Gasteiger charge is 2.33. The molecule has 1 aliphatic rings. The third-order valence-electron chi connectivity index (χ3n) is 3.67. The number of Topliss-reactive ketones (excluding diaryl/α,β-unsaturated/α-hetero) is 1. The van der Waals surface area contributed by atoms with Crippen molar-refractivity contribution in [2.75, 3.05) is 0 Å². The van der Waals surface area contributed by atoms with E-state index < -0.39 is 0 Å². The highest BCUT2D eigenvalue weighted by Crippen LogP contribution is 2.36. The average molecular weight is 260 g/mol. The molecule has 19 heavy (non-hydrogen) atoms. The van der Waals surface area contributed by atoms with Gasteiger partial charge >= 0.3 is 5.88 Å². The lowest BCUT2D eigenvalue weighted by molar-refractivity contribution is -0.682. The van der Waals surface area contributed by atoms with Crippen LogP contribution in [-0.4, -0.2) is 5.78 Å². The van der Waals surface area contributed by atoms with Crippen LogP contribution in [0.4, 0.5) is 0 Å². The van der Waals surface area contributed by atoms with Crippen molar-refractivity contribution in [2.24, 2.45) is 12.5 Å². The van der Waals surface area contributed by atoms with E-state index in [0.717, 1.165) is 17.7 Å². The summed E-state index contributed by atoms with van der Waals surface area (Å²) in [4.78, 5) is 12.2. The number of allylic oxidation sites excluding steroid dienone is 2. The van der Waals surface area contributed by atoms with E-state index in [2.05, 4.69) is 13.8 Å². The van der Waals surface area contributed by atoms with Crippen molar-refractivity contribution in [3.05, 3.63) is 35.2 Å². The molecule has 2 rings (SSSR count). The van der Waals surface area contributed by atoms with E-state index in [9.17, 15) is 4.79 Å². The number of nitrogens with zero attached hydrogens (tertiary/aromatic N) is 1. The monoisotopic (exact) mass is 260 g/mol. The number of pyridine rings is 1. The lowest BCUT2D eigenvalue weighted by Gasteiger charge is -2.29. The first-order valence-electron chi connectivity index (χ1n) is 6.67. The van der Waals surface area contributed by atoms with Crippen LogP contribution in [0, 0.1) is 12.3 Å². The van der Waals surface area contributed by atoms with Gasteiger partial charge in [-0.1, -0.05) is 13.8 Å². The molecule has 0 amide bonds. The van der Waals surface area contributed by atoms with Crippen LogP contribution in [0.25, 0.3) is 0 Å². The summed E-state index contributed by atoms with van der Waals surface area (Å²) in [6, 6.07) is 5.85. The summed E-state index contributed by atoms with van der Waals surface area (Å²) in [6.45, 7) is 8.25. The molecule has 0 bridgehead atoms. The molecule has 1 heterocycles. The van der Waals surface area contributed by atoms with E-state index in [1.54, 1.807) is 0 Å². The molecular weight excluding hydrogens is 238 g/mol. The minimum atomic E-state index is 0.0445. The van der Waals surface area contributed by atoms with Crippen molar-refractivity contribution in [3.63, 3.8) is 0 Å². The second kappa shape index (κ2) is 4.80. The Morgan fingerprint density at radius 3 is 2.53 bits per heavy atom. The highest BCUT2D eigenvalue weighted by atomic mass is 16.5. The van der Waals surface area contributed by atoms with Crippen molar-refractivity contribution in [3.8, 4) is 5.88 Å². The molecule has 0 aliphatic heterocycles. The van der Waals surface area contributed by atoms with Gasteiger partial charge in [-0.3, -0.25) is 4.79 Å². The van der Waals surface area contributed by atoms with Gasteiger partial charge in [0.2, 0.25) is 0 Å². The smallest absolute Gasteiger partial charge is 0.373 e. The summed E-state index contributed by atoms with van der Waals surface area (Å²) in [5.41, 5.74) is 2.19. The van der Waals surface area contributed by atoms with E-state index in [1.165, 1.54) is 0 Å². The summed E-state index contributed by atoms with van der Waals surface area (Å²) in [6.07, 6.45) is 1.46. The Balaban J connectivity index is 2.33. The van der Waals surface area contributed by atoms with E-state index >= 15 is 0 Å².